The van der Waals surface area contributed by atoms with Gasteiger partial charge in [-0.1, -0.05) is 0 Å². The summed E-state index contributed by atoms with van der Waals surface area (Å²) in [6.45, 7) is 7.75. The molecule has 0 aliphatic rings. The van der Waals surface area contributed by atoms with Gasteiger partial charge in [0.05, 0.1) is 0 Å². The zero-order valence-corrected chi connectivity index (χ0v) is 26.5. The van der Waals surface area contributed by atoms with Crippen LogP contribution in [0.15, 0.2) is 6.08 Å². The minimum atomic E-state index is 0. The molecule has 0 aliphatic heterocycles. The topological polar surface area (TPSA) is 0 Å². The molecule has 0 aromatic heterocycles. The number of hydrogen-bond acceptors (Lipinski definition) is 0. The van der Waals surface area contributed by atoms with Crippen LogP contribution in [-0.4, -0.2) is 0 Å². The third-order valence-electron chi connectivity index (χ3n) is 0. The molecule has 0 saturated heterocycles. The third kappa shape index (κ3) is 91.0. The first kappa shape index (κ1) is 69.6. The van der Waals surface area contributed by atoms with Crippen LogP contribution in [-0.2, 0) is 182 Å². The van der Waals surface area contributed by atoms with E-state index in [0.717, 1.165) is 0 Å². The van der Waals surface area contributed by atoms with E-state index in [-0.39, 0.29) is 190 Å². The summed E-state index contributed by atoms with van der Waals surface area (Å²) in [6, 6.07) is 0. The summed E-state index contributed by atoms with van der Waals surface area (Å²) in [7, 11) is 0. The second kappa shape index (κ2) is 75.8. The Labute approximate surface area is 204 Å². The standard InChI is InChI=1S/C3H4.CH3.4W.3Y/c1-3-2;;;;;;;;/h1,3H,2H2;1H3;;;;;;;/q-2;-1;;;;;;;. The second-order valence-electron chi connectivity index (χ2n) is 0.236. The average molecular weight is 1060 g/mol. The van der Waals surface area contributed by atoms with E-state index >= 15 is 0 Å². The van der Waals surface area contributed by atoms with Gasteiger partial charge >= 0.3 is 0 Å². The van der Waals surface area contributed by atoms with Crippen LogP contribution in [0.5, 0.6) is 0 Å². The van der Waals surface area contributed by atoms with E-state index in [1.165, 1.54) is 6.08 Å². The maximum atomic E-state index is 4.61. The number of hydrogen-bond donors (Lipinski definition) is 0. The van der Waals surface area contributed by atoms with Crippen LogP contribution in [0.25, 0.3) is 0 Å². The Morgan fingerprint density at radius 3 is 0.818 bits per heavy atom. The summed E-state index contributed by atoms with van der Waals surface area (Å²) in [4.78, 5) is 0. The van der Waals surface area contributed by atoms with Gasteiger partial charge in [0.1, 0.15) is 0 Å². The van der Waals surface area contributed by atoms with E-state index in [1.807, 2.05) is 0 Å². The van der Waals surface area contributed by atoms with E-state index in [0.29, 0.717) is 0 Å². The zero-order chi connectivity index (χ0) is 2.71. The molecular formula is C4H7W4Y3-3. The Morgan fingerprint density at radius 2 is 0.818 bits per heavy atom. The normalized spacial score (nSPS) is 1.09. The fourth-order valence-corrected chi connectivity index (χ4v) is 0. The predicted molar refractivity (Wildman–Crippen MR) is 20.6 cm³/mol. The van der Waals surface area contributed by atoms with Crippen molar-refractivity contribution in [3.8, 4) is 0 Å². The Bertz CT molecular complexity index is 24.8. The van der Waals surface area contributed by atoms with Crippen LogP contribution in [0, 0.1) is 20.9 Å². The molecule has 0 unspecified atom stereocenters. The Hall–Kier alpha value is 5.67. The number of allylic oxidation sites excluding steroid dienone is 1. The summed E-state index contributed by atoms with van der Waals surface area (Å²) in [6.07, 6.45) is 1.25. The predicted octanol–water partition coefficient (Wildman–Crippen LogP) is 1.24. The van der Waals surface area contributed by atoms with Gasteiger partial charge in [-0.3, -0.25) is 0 Å². The Morgan fingerprint density at radius 1 is 0.818 bits per heavy atom. The van der Waals surface area contributed by atoms with Crippen LogP contribution in [0.4, 0.5) is 0 Å². The molecule has 0 nitrogen and oxygen atoms in total. The molecule has 0 fully saturated rings. The molecule has 11 heavy (non-hydrogen) atoms. The molecule has 0 aromatic rings. The van der Waals surface area contributed by atoms with E-state index in [2.05, 4.69) is 13.5 Å². The SMILES string of the molecule is [CH-]=C[CH2-].[CH3-].[W].[W].[W].[W].[Y].[Y].[Y]. The van der Waals surface area contributed by atoms with Gasteiger partial charge in [-0.2, -0.15) is 0 Å². The maximum Gasteiger partial charge on any atom is 0 e. The Balaban J connectivity index is -0.000000000714. The maximum absolute atomic E-state index is 4.61. The van der Waals surface area contributed by atoms with Crippen molar-refractivity contribution < 1.29 is 182 Å². The minimum Gasteiger partial charge on any atom is -0.549 e. The van der Waals surface area contributed by atoms with Gasteiger partial charge in [-0.25, -0.2) is 0 Å². The fourth-order valence-electron chi connectivity index (χ4n) is 0. The molecule has 59 valence electrons. The van der Waals surface area contributed by atoms with E-state index < -0.39 is 0 Å². The molecule has 0 atom stereocenters. The summed E-state index contributed by atoms with van der Waals surface area (Å²) < 4.78 is 0. The monoisotopic (exact) mass is 1060 g/mol. The van der Waals surface area contributed by atoms with Gasteiger partial charge in [0, 0.05) is 182 Å². The first-order valence-corrected chi connectivity index (χ1v) is 0.742. The van der Waals surface area contributed by atoms with Crippen molar-refractivity contribution in [2.75, 3.05) is 0 Å². The first-order chi connectivity index (χ1) is 1.41. The van der Waals surface area contributed by atoms with Gasteiger partial charge in [0.15, 0.2) is 0 Å². The molecule has 0 amide bonds. The smallest absolute Gasteiger partial charge is 0 e. The van der Waals surface area contributed by atoms with Crippen molar-refractivity contribution >= 4 is 0 Å². The number of rotatable bonds is 0. The van der Waals surface area contributed by atoms with Crippen molar-refractivity contribution in [2.45, 2.75) is 0 Å². The van der Waals surface area contributed by atoms with Crippen molar-refractivity contribution in [1.29, 1.82) is 0 Å². The molecule has 0 aromatic carbocycles. The zero-order valence-electron chi connectivity index (χ0n) is 6.23. The van der Waals surface area contributed by atoms with Crippen molar-refractivity contribution in [2.24, 2.45) is 0 Å². The van der Waals surface area contributed by atoms with Gasteiger partial charge in [-0.15, -0.1) is 0 Å². The molecule has 0 bridgehead atoms. The summed E-state index contributed by atoms with van der Waals surface area (Å²) in [5, 5.41) is 0. The van der Waals surface area contributed by atoms with E-state index in [1.54, 1.807) is 0 Å². The molecule has 3 radical (unpaired) electrons. The molecule has 0 heterocycles. The first-order valence-electron chi connectivity index (χ1n) is 0.742. The van der Waals surface area contributed by atoms with Crippen LogP contribution < -0.4 is 0 Å². The summed E-state index contributed by atoms with van der Waals surface area (Å²) in [5.41, 5.74) is 0. The van der Waals surface area contributed by atoms with Gasteiger partial charge in [0.2, 0.25) is 0 Å². The largest absolute Gasteiger partial charge is 0.549 e. The molecular weight excluding hydrogens is 1050 g/mol. The molecule has 0 saturated carbocycles. The van der Waals surface area contributed by atoms with E-state index in [4.69, 9.17) is 0 Å². The van der Waals surface area contributed by atoms with E-state index in [9.17, 15) is 0 Å². The van der Waals surface area contributed by atoms with Crippen molar-refractivity contribution in [1.82, 2.24) is 0 Å². The third-order valence-corrected chi connectivity index (χ3v) is 0. The Kier molecular flexibility index (Phi) is 479. The molecule has 0 aliphatic carbocycles. The van der Waals surface area contributed by atoms with Crippen LogP contribution in [0.3, 0.4) is 0 Å². The van der Waals surface area contributed by atoms with Gasteiger partial charge in [0.25, 0.3) is 0 Å². The van der Waals surface area contributed by atoms with Gasteiger partial charge < -0.3 is 27.0 Å². The van der Waals surface area contributed by atoms with Crippen LogP contribution >= 0.6 is 0 Å². The fraction of sp³-hybridized carbons (Fsp3) is 0. The minimum absolute atomic E-state index is 0. The van der Waals surface area contributed by atoms with Gasteiger partial charge in [-0.05, 0) is 0 Å². The second-order valence-corrected chi connectivity index (χ2v) is 0.236. The van der Waals surface area contributed by atoms with Crippen molar-refractivity contribution in [3.63, 3.8) is 0 Å². The average Bonchev–Trinajstić information content (AvgIpc) is 0.918. The molecule has 0 N–H and O–H groups in total. The molecule has 0 rings (SSSR count). The summed E-state index contributed by atoms with van der Waals surface area (Å²) >= 11 is 0. The quantitative estimate of drug-likeness (QED) is 0.321. The van der Waals surface area contributed by atoms with Crippen LogP contribution in [0.2, 0.25) is 0 Å². The van der Waals surface area contributed by atoms with Crippen LogP contribution in [0.1, 0.15) is 0 Å². The molecule has 7 heteroatoms. The van der Waals surface area contributed by atoms with Crippen molar-refractivity contribution in [3.05, 3.63) is 27.0 Å². The summed E-state index contributed by atoms with van der Waals surface area (Å²) in [5.74, 6) is 0. The molecule has 0 spiro atoms.